The zero-order valence-corrected chi connectivity index (χ0v) is 34.1. The number of aryl methyl sites for hydroxylation is 2. The first-order valence-electron chi connectivity index (χ1n) is 20.3. The Bertz CT molecular complexity index is 2870. The highest BCUT2D eigenvalue weighted by Gasteiger charge is 2.15. The topological polar surface area (TPSA) is 9.86 Å². The number of allylic oxidation sites excluding steroid dienone is 5. The number of hydrogen-bond acceptors (Lipinski definition) is 0. The van der Waals surface area contributed by atoms with Gasteiger partial charge in [-0.3, -0.25) is 0 Å². The van der Waals surface area contributed by atoms with Crippen molar-refractivity contribution in [2.24, 2.45) is 0 Å². The molecule has 282 valence electrons. The molecule has 8 aromatic rings. The number of para-hydroxylation sites is 1. The van der Waals surface area contributed by atoms with Crippen LogP contribution in [0.2, 0.25) is 0 Å². The highest BCUT2D eigenvalue weighted by Crippen LogP contribution is 2.31. The van der Waals surface area contributed by atoms with Crippen LogP contribution in [0.4, 0.5) is 0 Å². The summed E-state index contributed by atoms with van der Waals surface area (Å²) in [4.78, 5) is 0. The minimum Gasteiger partial charge on any atom is -0.317 e. The van der Waals surface area contributed by atoms with Crippen LogP contribution in [0, 0.1) is 13.8 Å². The maximum Gasteiger partial charge on any atom is 0.0576 e. The van der Waals surface area contributed by atoms with Gasteiger partial charge in [0.25, 0.3) is 0 Å². The molecule has 0 N–H and O–H groups in total. The minimum absolute atomic E-state index is 0.867. The highest BCUT2D eigenvalue weighted by atomic mass is 15.0. The predicted molar refractivity (Wildman–Crippen MR) is 249 cm³/mol. The molecular formula is C55H52N2. The third-order valence-corrected chi connectivity index (χ3v) is 10.6. The average Bonchev–Trinajstić information content (AvgIpc) is 3.85. The van der Waals surface area contributed by atoms with Crippen LogP contribution < -0.4 is 10.6 Å². The van der Waals surface area contributed by atoms with Crippen LogP contribution in [0.5, 0.6) is 0 Å². The Hall–Kier alpha value is -6.64. The summed E-state index contributed by atoms with van der Waals surface area (Å²) in [7, 11) is 0. The predicted octanol–water partition coefficient (Wildman–Crippen LogP) is 13.7. The normalized spacial score (nSPS) is 13.3. The van der Waals surface area contributed by atoms with E-state index in [1.165, 1.54) is 71.3 Å². The van der Waals surface area contributed by atoms with E-state index in [0.717, 1.165) is 28.9 Å². The molecule has 0 atom stereocenters. The summed E-state index contributed by atoms with van der Waals surface area (Å²) in [5, 5.41) is 4.79. The van der Waals surface area contributed by atoms with Gasteiger partial charge < -0.3 is 9.13 Å². The van der Waals surface area contributed by atoms with E-state index in [2.05, 4.69) is 212 Å². The summed E-state index contributed by atoms with van der Waals surface area (Å²) < 4.78 is 4.72. The van der Waals surface area contributed by atoms with Gasteiger partial charge in [0.05, 0.1) is 16.4 Å². The lowest BCUT2D eigenvalue weighted by molar-refractivity contribution is 1.05. The van der Waals surface area contributed by atoms with Gasteiger partial charge >= 0.3 is 0 Å². The fraction of sp³-hybridized carbons (Fsp3) is 0.127. The summed E-state index contributed by atoms with van der Waals surface area (Å²) in [6.07, 6.45) is 14.1. The summed E-state index contributed by atoms with van der Waals surface area (Å²) in [6, 6.07) is 52.6. The molecule has 0 unspecified atom stereocenters. The summed E-state index contributed by atoms with van der Waals surface area (Å²) in [5.41, 5.74) is 15.6. The molecule has 0 fully saturated rings. The van der Waals surface area contributed by atoms with E-state index >= 15 is 0 Å². The van der Waals surface area contributed by atoms with Crippen LogP contribution in [0.15, 0.2) is 183 Å². The Morgan fingerprint density at radius 1 is 0.596 bits per heavy atom. The summed E-state index contributed by atoms with van der Waals surface area (Å²) in [6.45, 7) is 17.0. The van der Waals surface area contributed by atoms with Gasteiger partial charge in [-0.1, -0.05) is 156 Å². The van der Waals surface area contributed by atoms with E-state index in [4.69, 9.17) is 0 Å². The molecule has 9 rings (SSSR count). The van der Waals surface area contributed by atoms with Crippen molar-refractivity contribution < 1.29 is 0 Å². The smallest absolute Gasteiger partial charge is 0.0576 e. The van der Waals surface area contributed by atoms with E-state index in [1.54, 1.807) is 0 Å². The van der Waals surface area contributed by atoms with Gasteiger partial charge in [0, 0.05) is 33.6 Å². The van der Waals surface area contributed by atoms with Crippen LogP contribution in [0.3, 0.4) is 0 Å². The Morgan fingerprint density at radius 2 is 1.28 bits per heavy atom. The molecular weight excluding hydrogens is 689 g/mol. The molecule has 1 aliphatic rings. The molecule has 0 saturated heterocycles. The van der Waals surface area contributed by atoms with Crippen molar-refractivity contribution >= 4 is 39.0 Å². The second-order valence-electron chi connectivity index (χ2n) is 14.0. The van der Waals surface area contributed by atoms with E-state index in [1.807, 2.05) is 27.7 Å². The van der Waals surface area contributed by atoms with Gasteiger partial charge in [0.1, 0.15) is 0 Å². The summed E-state index contributed by atoms with van der Waals surface area (Å²) in [5.74, 6) is 0. The van der Waals surface area contributed by atoms with Crippen LogP contribution in [-0.2, 0) is 0 Å². The number of fused-ring (bicyclic) bond motifs is 2. The second kappa shape index (κ2) is 17.4. The molecule has 0 radical (unpaired) electrons. The molecule has 57 heavy (non-hydrogen) atoms. The number of nitrogens with zero attached hydrogens (tertiary/aromatic N) is 2. The second-order valence-corrected chi connectivity index (χ2v) is 14.0. The Kier molecular flexibility index (Phi) is 11.8. The molecule has 6 aromatic carbocycles. The average molecular weight is 741 g/mol. The zero-order valence-electron chi connectivity index (χ0n) is 34.1. The third-order valence-electron chi connectivity index (χ3n) is 10.6. The molecule has 0 saturated carbocycles. The molecule has 2 heteroatoms. The first-order valence-corrected chi connectivity index (χ1v) is 20.3. The minimum atomic E-state index is 0.867. The molecule has 1 aliphatic carbocycles. The van der Waals surface area contributed by atoms with E-state index in [9.17, 15) is 0 Å². The van der Waals surface area contributed by atoms with Gasteiger partial charge in [-0.05, 0) is 125 Å². The van der Waals surface area contributed by atoms with E-state index in [0.29, 0.717) is 0 Å². The van der Waals surface area contributed by atoms with Crippen molar-refractivity contribution in [1.82, 2.24) is 9.13 Å². The van der Waals surface area contributed by atoms with Crippen molar-refractivity contribution in [3.05, 3.63) is 210 Å². The van der Waals surface area contributed by atoms with Crippen molar-refractivity contribution in [2.75, 3.05) is 0 Å². The number of aromatic nitrogens is 2. The third kappa shape index (κ3) is 7.64. The first kappa shape index (κ1) is 38.6. The largest absolute Gasteiger partial charge is 0.317 e. The molecule has 2 heterocycles. The lowest BCUT2D eigenvalue weighted by Crippen LogP contribution is -2.31. The lowest BCUT2D eigenvalue weighted by Gasteiger charge is -2.13. The Balaban J connectivity index is 0.00000120. The molecule has 2 nitrogen and oxygen atoms in total. The van der Waals surface area contributed by atoms with Gasteiger partial charge in [0.15, 0.2) is 0 Å². The van der Waals surface area contributed by atoms with Gasteiger partial charge in [-0.2, -0.15) is 0 Å². The van der Waals surface area contributed by atoms with Crippen molar-refractivity contribution in [3.8, 4) is 33.6 Å². The van der Waals surface area contributed by atoms with Crippen LogP contribution in [0.25, 0.3) is 72.7 Å². The van der Waals surface area contributed by atoms with Crippen molar-refractivity contribution in [3.63, 3.8) is 0 Å². The van der Waals surface area contributed by atoms with Crippen LogP contribution in [-0.4, -0.2) is 9.13 Å². The summed E-state index contributed by atoms with van der Waals surface area (Å²) >= 11 is 0. The fourth-order valence-corrected chi connectivity index (χ4v) is 7.87. The Morgan fingerprint density at radius 3 is 2.04 bits per heavy atom. The zero-order chi connectivity index (χ0) is 39.9. The number of benzene rings is 6. The molecule has 0 bridgehead atoms. The van der Waals surface area contributed by atoms with Gasteiger partial charge in [0.2, 0.25) is 0 Å². The van der Waals surface area contributed by atoms with Crippen LogP contribution >= 0.6 is 0 Å². The molecule has 2 aromatic heterocycles. The first-order chi connectivity index (χ1) is 28.0. The fourth-order valence-electron chi connectivity index (χ4n) is 7.87. The van der Waals surface area contributed by atoms with Crippen molar-refractivity contribution in [1.29, 1.82) is 0 Å². The maximum atomic E-state index is 4.66. The monoisotopic (exact) mass is 740 g/mol. The van der Waals surface area contributed by atoms with Crippen LogP contribution in [0.1, 0.15) is 50.8 Å². The molecule has 0 aliphatic heterocycles. The van der Waals surface area contributed by atoms with Gasteiger partial charge in [-0.15, -0.1) is 0 Å². The number of rotatable bonds is 6. The molecule has 0 spiro atoms. The maximum absolute atomic E-state index is 4.66. The molecule has 0 amide bonds. The standard InChI is InChI=1S/C51H40N2.2C2H6/c1-35-14-10-11-19-45(35)47-34-44(26-22-36(47)2)52-31-30-42-33-41(25-29-49(42)52)37(3)32-48-46-20-12-13-21-50(46)53(51(48)40-17-8-5-9-18-40)43-27-23-39(24-28-43)38-15-6-4-7-16-38;2*1-2/h4-17,19-34H,3,18H2,1-2H3;2*1-2H3/b48-32-,51-40+;;. The van der Waals surface area contributed by atoms with E-state index < -0.39 is 0 Å². The Labute approximate surface area is 338 Å². The van der Waals surface area contributed by atoms with Crippen molar-refractivity contribution in [2.45, 2.75) is 48.0 Å². The lowest BCUT2D eigenvalue weighted by atomic mass is 9.96. The van der Waals surface area contributed by atoms with E-state index in [-0.39, 0.29) is 0 Å². The SMILES string of the molecule is C=C(/C=c1\c(=C2\C=CC=CC2)n(-c2ccc(-c3ccccc3)cc2)c2ccccc12)c1ccc2c(ccn2-c2ccc(C)c(-c3ccccc3C)c2)c1.CC.CC. The quantitative estimate of drug-likeness (QED) is 0.161. The number of hydrogen-bond donors (Lipinski definition) is 0. The van der Waals surface area contributed by atoms with Gasteiger partial charge in [-0.25, -0.2) is 0 Å². The highest BCUT2D eigenvalue weighted by molar-refractivity contribution is 5.96.